The SMILES string of the molecule is OCC[C@H]1C=Cc2ccccc21. The zero-order valence-corrected chi connectivity index (χ0v) is 6.90. The molecular weight excluding hydrogens is 148 g/mol. The normalized spacial score (nSPS) is 19.6. The lowest BCUT2D eigenvalue weighted by atomic mass is 9.98. The van der Waals surface area contributed by atoms with Crippen LogP contribution in [0.4, 0.5) is 0 Å². The van der Waals surface area contributed by atoms with Crippen LogP contribution < -0.4 is 0 Å². The Kier molecular flexibility index (Phi) is 1.96. The highest BCUT2D eigenvalue weighted by molar-refractivity contribution is 5.62. The number of aliphatic hydroxyl groups excluding tert-OH is 1. The summed E-state index contributed by atoms with van der Waals surface area (Å²) in [4.78, 5) is 0. The molecule has 1 aromatic rings. The molecule has 1 heteroatoms. The fourth-order valence-electron chi connectivity index (χ4n) is 1.71. The second-order valence-electron chi connectivity index (χ2n) is 3.11. The first-order chi connectivity index (χ1) is 5.92. The average Bonchev–Trinajstić information content (AvgIpc) is 2.50. The van der Waals surface area contributed by atoms with Crippen molar-refractivity contribution in [3.63, 3.8) is 0 Å². The topological polar surface area (TPSA) is 20.2 Å². The largest absolute Gasteiger partial charge is 0.396 e. The predicted octanol–water partition coefficient (Wildman–Crippen LogP) is 2.18. The Morgan fingerprint density at radius 3 is 2.92 bits per heavy atom. The lowest BCUT2D eigenvalue weighted by Crippen LogP contribution is -1.95. The fourth-order valence-corrected chi connectivity index (χ4v) is 1.71. The first-order valence-corrected chi connectivity index (χ1v) is 4.30. The van der Waals surface area contributed by atoms with Gasteiger partial charge in [0.1, 0.15) is 0 Å². The van der Waals surface area contributed by atoms with E-state index in [-0.39, 0.29) is 6.61 Å². The van der Waals surface area contributed by atoms with Gasteiger partial charge in [-0.05, 0) is 17.5 Å². The van der Waals surface area contributed by atoms with E-state index in [1.54, 1.807) is 0 Å². The van der Waals surface area contributed by atoms with Crippen LogP contribution in [0.25, 0.3) is 6.08 Å². The summed E-state index contributed by atoms with van der Waals surface area (Å²) >= 11 is 0. The van der Waals surface area contributed by atoms with Crippen LogP contribution in [0.5, 0.6) is 0 Å². The Bertz CT molecular complexity index is 302. The zero-order chi connectivity index (χ0) is 8.39. The van der Waals surface area contributed by atoms with Crippen LogP contribution in [-0.4, -0.2) is 11.7 Å². The molecule has 1 aromatic carbocycles. The zero-order valence-electron chi connectivity index (χ0n) is 6.90. The van der Waals surface area contributed by atoms with Crippen LogP contribution in [0.1, 0.15) is 23.5 Å². The molecule has 0 radical (unpaired) electrons. The van der Waals surface area contributed by atoms with Crippen molar-refractivity contribution >= 4 is 6.08 Å². The second kappa shape index (κ2) is 3.11. The van der Waals surface area contributed by atoms with Crippen molar-refractivity contribution in [2.75, 3.05) is 6.61 Å². The van der Waals surface area contributed by atoms with Crippen LogP contribution in [0.15, 0.2) is 30.3 Å². The van der Waals surface area contributed by atoms with Crippen molar-refractivity contribution in [2.24, 2.45) is 0 Å². The minimum atomic E-state index is 0.267. The molecule has 12 heavy (non-hydrogen) atoms. The van der Waals surface area contributed by atoms with Gasteiger partial charge in [-0.2, -0.15) is 0 Å². The molecule has 0 amide bonds. The Morgan fingerprint density at radius 1 is 1.25 bits per heavy atom. The third-order valence-electron chi connectivity index (χ3n) is 2.34. The van der Waals surface area contributed by atoms with Crippen molar-refractivity contribution in [3.05, 3.63) is 41.5 Å². The quantitative estimate of drug-likeness (QED) is 0.703. The Balaban J connectivity index is 2.30. The van der Waals surface area contributed by atoms with Gasteiger partial charge in [-0.3, -0.25) is 0 Å². The number of aliphatic hydroxyl groups is 1. The highest BCUT2D eigenvalue weighted by Crippen LogP contribution is 2.31. The number of hydrogen-bond donors (Lipinski definition) is 1. The molecule has 0 bridgehead atoms. The van der Waals surface area contributed by atoms with Gasteiger partial charge in [-0.25, -0.2) is 0 Å². The fraction of sp³-hybridized carbons (Fsp3) is 0.273. The van der Waals surface area contributed by atoms with E-state index in [9.17, 15) is 0 Å². The van der Waals surface area contributed by atoms with E-state index in [1.807, 2.05) is 6.07 Å². The molecule has 1 nitrogen and oxygen atoms in total. The van der Waals surface area contributed by atoms with Crippen molar-refractivity contribution < 1.29 is 5.11 Å². The van der Waals surface area contributed by atoms with Crippen molar-refractivity contribution in [1.29, 1.82) is 0 Å². The summed E-state index contributed by atoms with van der Waals surface area (Å²) < 4.78 is 0. The van der Waals surface area contributed by atoms with E-state index >= 15 is 0 Å². The van der Waals surface area contributed by atoms with Crippen molar-refractivity contribution in [1.82, 2.24) is 0 Å². The Labute approximate surface area is 72.4 Å². The lowest BCUT2D eigenvalue weighted by molar-refractivity contribution is 0.283. The molecule has 0 fully saturated rings. The Hall–Kier alpha value is -1.08. The molecule has 0 saturated carbocycles. The molecule has 1 aliphatic rings. The molecule has 0 saturated heterocycles. The number of benzene rings is 1. The minimum absolute atomic E-state index is 0.267. The van der Waals surface area contributed by atoms with Crippen LogP contribution in [0.3, 0.4) is 0 Å². The van der Waals surface area contributed by atoms with Gasteiger partial charge in [0, 0.05) is 12.5 Å². The molecule has 1 atom stereocenters. The van der Waals surface area contributed by atoms with Gasteiger partial charge in [0.2, 0.25) is 0 Å². The molecule has 1 N–H and O–H groups in total. The van der Waals surface area contributed by atoms with Gasteiger partial charge >= 0.3 is 0 Å². The Morgan fingerprint density at radius 2 is 2.08 bits per heavy atom. The number of rotatable bonds is 2. The summed E-state index contributed by atoms with van der Waals surface area (Å²) in [5.41, 5.74) is 2.66. The maximum Gasteiger partial charge on any atom is 0.0439 e. The van der Waals surface area contributed by atoms with Gasteiger partial charge in [0.25, 0.3) is 0 Å². The van der Waals surface area contributed by atoms with Gasteiger partial charge in [0.15, 0.2) is 0 Å². The second-order valence-corrected chi connectivity index (χ2v) is 3.11. The van der Waals surface area contributed by atoms with E-state index < -0.39 is 0 Å². The van der Waals surface area contributed by atoms with Crippen LogP contribution >= 0.6 is 0 Å². The first-order valence-electron chi connectivity index (χ1n) is 4.30. The molecule has 0 heterocycles. The average molecular weight is 160 g/mol. The van der Waals surface area contributed by atoms with E-state index in [0.29, 0.717) is 5.92 Å². The van der Waals surface area contributed by atoms with E-state index in [0.717, 1.165) is 6.42 Å². The third kappa shape index (κ3) is 1.16. The summed E-state index contributed by atoms with van der Waals surface area (Å²) in [6, 6.07) is 8.35. The number of allylic oxidation sites excluding steroid dienone is 1. The predicted molar refractivity (Wildman–Crippen MR) is 49.9 cm³/mol. The summed E-state index contributed by atoms with van der Waals surface area (Å²) in [7, 11) is 0. The van der Waals surface area contributed by atoms with Crippen LogP contribution in [-0.2, 0) is 0 Å². The highest BCUT2D eigenvalue weighted by atomic mass is 16.3. The third-order valence-corrected chi connectivity index (χ3v) is 2.34. The summed E-state index contributed by atoms with van der Waals surface area (Å²) in [6.07, 6.45) is 5.14. The molecule has 0 unspecified atom stereocenters. The van der Waals surface area contributed by atoms with Crippen molar-refractivity contribution in [2.45, 2.75) is 12.3 Å². The maximum atomic E-state index is 8.82. The van der Waals surface area contributed by atoms with Gasteiger partial charge in [-0.15, -0.1) is 0 Å². The molecule has 62 valence electrons. The van der Waals surface area contributed by atoms with E-state index in [1.165, 1.54) is 11.1 Å². The van der Waals surface area contributed by atoms with Gasteiger partial charge in [0.05, 0.1) is 0 Å². The molecular formula is C11H12O. The summed E-state index contributed by atoms with van der Waals surface area (Å²) in [6.45, 7) is 0.267. The smallest absolute Gasteiger partial charge is 0.0439 e. The van der Waals surface area contributed by atoms with Gasteiger partial charge in [-0.1, -0.05) is 36.4 Å². The van der Waals surface area contributed by atoms with Crippen molar-refractivity contribution in [3.8, 4) is 0 Å². The summed E-state index contributed by atoms with van der Waals surface area (Å²) in [5, 5.41) is 8.82. The summed E-state index contributed by atoms with van der Waals surface area (Å²) in [5.74, 6) is 0.436. The lowest BCUT2D eigenvalue weighted by Gasteiger charge is -2.07. The molecule has 1 aliphatic carbocycles. The molecule has 0 aromatic heterocycles. The van der Waals surface area contributed by atoms with E-state index in [4.69, 9.17) is 5.11 Å². The van der Waals surface area contributed by atoms with Crippen LogP contribution in [0, 0.1) is 0 Å². The van der Waals surface area contributed by atoms with Crippen LogP contribution in [0.2, 0.25) is 0 Å². The van der Waals surface area contributed by atoms with Gasteiger partial charge < -0.3 is 5.11 Å². The number of fused-ring (bicyclic) bond motifs is 1. The maximum absolute atomic E-state index is 8.82. The first kappa shape index (κ1) is 7.56. The number of hydrogen-bond acceptors (Lipinski definition) is 1. The molecule has 2 rings (SSSR count). The molecule has 0 aliphatic heterocycles. The minimum Gasteiger partial charge on any atom is -0.396 e. The highest BCUT2D eigenvalue weighted by Gasteiger charge is 2.14. The standard InChI is InChI=1S/C11H12O/c12-8-7-10-6-5-9-3-1-2-4-11(9)10/h1-6,10,12H,7-8H2/t10-/m1/s1. The van der Waals surface area contributed by atoms with E-state index in [2.05, 4.69) is 30.4 Å². The molecule has 0 spiro atoms. The monoisotopic (exact) mass is 160 g/mol.